The zero-order valence-corrected chi connectivity index (χ0v) is 19.5. The lowest BCUT2D eigenvalue weighted by Crippen LogP contribution is -2.62. The summed E-state index contributed by atoms with van der Waals surface area (Å²) in [5.74, 6) is -0.959. The number of alkyl halides is 3. The van der Waals surface area contributed by atoms with E-state index in [4.69, 9.17) is 9.94 Å². The monoisotopic (exact) mass is 520 g/mol. The van der Waals surface area contributed by atoms with Gasteiger partial charge in [0.2, 0.25) is 10.0 Å². The highest BCUT2D eigenvalue weighted by atomic mass is 32.2. The highest BCUT2D eigenvalue weighted by molar-refractivity contribution is 7.91. The van der Waals surface area contributed by atoms with E-state index in [2.05, 4.69) is 4.98 Å². The number of thiazole rings is 1. The lowest BCUT2D eigenvalue weighted by Gasteiger charge is -2.41. The number of nitrogens with zero attached hydrogens (tertiary/aromatic N) is 3. The van der Waals surface area contributed by atoms with Gasteiger partial charge in [0.25, 0.3) is 5.91 Å². The van der Waals surface area contributed by atoms with Crippen molar-refractivity contribution >= 4 is 32.4 Å². The zero-order valence-electron chi connectivity index (χ0n) is 17.9. The minimum atomic E-state index is -4.40. The van der Waals surface area contributed by atoms with Crippen LogP contribution in [0.25, 0.3) is 10.4 Å². The third kappa shape index (κ3) is 4.52. The molecular formula is C20H23F3N4O5S2. The highest BCUT2D eigenvalue weighted by Gasteiger charge is 2.54. The Morgan fingerprint density at radius 3 is 2.29 bits per heavy atom. The normalized spacial score (nSPS) is 19.7. The molecule has 2 N–H and O–H groups in total. The van der Waals surface area contributed by atoms with E-state index in [1.54, 1.807) is 6.20 Å². The number of nitrogens with one attached hydrogen (secondary N) is 1. The molecule has 2 saturated heterocycles. The van der Waals surface area contributed by atoms with E-state index in [-0.39, 0.29) is 39.1 Å². The third-order valence-corrected chi connectivity index (χ3v) is 9.88. The van der Waals surface area contributed by atoms with Crippen molar-refractivity contribution in [2.75, 3.05) is 44.3 Å². The summed E-state index contributed by atoms with van der Waals surface area (Å²) in [5.41, 5.74) is 1.38. The van der Waals surface area contributed by atoms with Gasteiger partial charge in [0.05, 0.1) is 10.4 Å². The first kappa shape index (κ1) is 24.9. The molecule has 4 rings (SSSR count). The van der Waals surface area contributed by atoms with Crippen molar-refractivity contribution in [2.24, 2.45) is 0 Å². The second kappa shape index (κ2) is 9.41. The molecule has 0 unspecified atom stereocenters. The largest absolute Gasteiger partial charge is 0.416 e. The van der Waals surface area contributed by atoms with Gasteiger partial charge in [-0.05, 0) is 17.7 Å². The van der Waals surface area contributed by atoms with Crippen LogP contribution in [0.4, 0.5) is 18.3 Å². The Kier molecular flexibility index (Phi) is 6.88. The van der Waals surface area contributed by atoms with Crippen LogP contribution in [-0.2, 0) is 25.7 Å². The third-order valence-electron chi connectivity index (χ3n) is 6.15. The van der Waals surface area contributed by atoms with Crippen LogP contribution in [-0.4, -0.2) is 73.0 Å². The Morgan fingerprint density at radius 1 is 1.12 bits per heavy atom. The molecule has 14 heteroatoms. The number of halogens is 3. The number of rotatable bonds is 5. The van der Waals surface area contributed by atoms with Gasteiger partial charge in [-0.2, -0.15) is 17.5 Å². The first-order chi connectivity index (χ1) is 16.1. The topological polar surface area (TPSA) is 112 Å². The fourth-order valence-electron chi connectivity index (χ4n) is 4.14. The number of carbonyl (C=O) groups is 1. The van der Waals surface area contributed by atoms with Gasteiger partial charge in [0, 0.05) is 58.4 Å². The second-order valence-electron chi connectivity index (χ2n) is 8.02. The second-order valence-corrected chi connectivity index (χ2v) is 11.3. The smallest absolute Gasteiger partial charge is 0.381 e. The van der Waals surface area contributed by atoms with Crippen molar-refractivity contribution in [2.45, 2.75) is 23.8 Å². The molecule has 0 bridgehead atoms. The van der Waals surface area contributed by atoms with Gasteiger partial charge in [-0.1, -0.05) is 23.5 Å². The number of amides is 1. The number of hydrogen-bond donors (Lipinski definition) is 2. The Bertz CT molecular complexity index is 1120. The maximum Gasteiger partial charge on any atom is 0.416 e. The van der Waals surface area contributed by atoms with Crippen LogP contribution in [0.5, 0.6) is 0 Å². The summed E-state index contributed by atoms with van der Waals surface area (Å²) in [5, 5.41) is 9.79. The molecule has 0 radical (unpaired) electrons. The number of anilines is 1. The average Bonchev–Trinajstić information content (AvgIpc) is 3.34. The molecule has 2 aliphatic heterocycles. The van der Waals surface area contributed by atoms with Crippen LogP contribution in [0.15, 0.2) is 30.5 Å². The van der Waals surface area contributed by atoms with Crippen molar-refractivity contribution in [3.05, 3.63) is 36.0 Å². The Hall–Kier alpha value is -2.26. The lowest BCUT2D eigenvalue weighted by molar-refractivity contribution is -0.137. The van der Waals surface area contributed by atoms with Crippen LogP contribution in [0.1, 0.15) is 18.4 Å². The molecule has 186 valence electrons. The van der Waals surface area contributed by atoms with Crippen LogP contribution < -0.4 is 10.4 Å². The van der Waals surface area contributed by atoms with Gasteiger partial charge in [0.1, 0.15) is 0 Å². The molecule has 0 saturated carbocycles. The van der Waals surface area contributed by atoms with Crippen LogP contribution in [0, 0.1) is 0 Å². The number of sulfonamides is 1. The minimum absolute atomic E-state index is 0.0507. The Morgan fingerprint density at radius 2 is 1.74 bits per heavy atom. The summed E-state index contributed by atoms with van der Waals surface area (Å²) in [6.07, 6.45) is -2.93. The van der Waals surface area contributed by atoms with Gasteiger partial charge in [-0.3, -0.25) is 10.0 Å². The van der Waals surface area contributed by atoms with Crippen molar-refractivity contribution in [1.29, 1.82) is 0 Å². The summed E-state index contributed by atoms with van der Waals surface area (Å²) in [6.45, 7) is 1.09. The van der Waals surface area contributed by atoms with Gasteiger partial charge >= 0.3 is 6.18 Å². The number of carbonyl (C=O) groups excluding carboxylic acids is 1. The SMILES string of the molecule is O=C(NO)C1(S(=O)(=O)N2CCN(c3ncc(-c4ccc(C(F)(F)F)cc4)s3)CC2)CCOCC1. The molecule has 2 aliphatic rings. The molecule has 2 fully saturated rings. The number of aromatic nitrogens is 1. The molecule has 0 atom stereocenters. The quantitative estimate of drug-likeness (QED) is 0.460. The molecule has 1 aromatic carbocycles. The predicted octanol–water partition coefficient (Wildman–Crippen LogP) is 2.34. The van der Waals surface area contributed by atoms with E-state index in [0.29, 0.717) is 28.7 Å². The minimum Gasteiger partial charge on any atom is -0.381 e. The number of benzene rings is 1. The van der Waals surface area contributed by atoms with Gasteiger partial charge in [0.15, 0.2) is 9.88 Å². The fourth-order valence-corrected chi connectivity index (χ4v) is 7.21. The average molecular weight is 521 g/mol. The fraction of sp³-hybridized carbons (Fsp3) is 0.500. The molecule has 1 aromatic heterocycles. The van der Waals surface area contributed by atoms with E-state index < -0.39 is 32.4 Å². The molecule has 1 amide bonds. The first-order valence-corrected chi connectivity index (χ1v) is 12.7. The highest BCUT2D eigenvalue weighted by Crippen LogP contribution is 2.36. The number of hydroxylamine groups is 1. The maximum atomic E-state index is 13.4. The lowest BCUT2D eigenvalue weighted by atomic mass is 9.98. The zero-order chi connectivity index (χ0) is 24.6. The van der Waals surface area contributed by atoms with E-state index in [1.165, 1.54) is 33.3 Å². The number of hydrogen-bond acceptors (Lipinski definition) is 8. The van der Waals surface area contributed by atoms with E-state index in [0.717, 1.165) is 12.1 Å². The molecule has 3 heterocycles. The molecule has 9 nitrogen and oxygen atoms in total. The molecule has 34 heavy (non-hydrogen) atoms. The van der Waals surface area contributed by atoms with Crippen molar-refractivity contribution in [1.82, 2.24) is 14.8 Å². The van der Waals surface area contributed by atoms with E-state index in [1.807, 2.05) is 4.90 Å². The van der Waals surface area contributed by atoms with Crippen molar-refractivity contribution in [3.8, 4) is 10.4 Å². The van der Waals surface area contributed by atoms with Crippen molar-refractivity contribution in [3.63, 3.8) is 0 Å². The van der Waals surface area contributed by atoms with Crippen LogP contribution in [0.3, 0.4) is 0 Å². The van der Waals surface area contributed by atoms with Crippen LogP contribution in [0.2, 0.25) is 0 Å². The predicted molar refractivity (Wildman–Crippen MR) is 118 cm³/mol. The molecular weight excluding hydrogens is 497 g/mol. The number of piperazine rings is 1. The maximum absolute atomic E-state index is 13.4. The Balaban J connectivity index is 1.45. The summed E-state index contributed by atoms with van der Waals surface area (Å²) < 4.78 is 69.8. The standard InChI is InChI=1S/C20H23F3N4O5S2/c21-20(22,23)15-3-1-14(2-4-15)16-13-24-18(33-16)26-7-9-27(10-8-26)34(30,31)19(17(28)25-29)5-11-32-12-6-19/h1-4,13,29H,5-12H2,(H,25,28). The van der Waals surface area contributed by atoms with Crippen LogP contribution >= 0.6 is 11.3 Å². The molecule has 0 aliphatic carbocycles. The van der Waals surface area contributed by atoms with E-state index >= 15 is 0 Å². The summed E-state index contributed by atoms with van der Waals surface area (Å²) in [6, 6.07) is 4.83. The molecule has 0 spiro atoms. The van der Waals surface area contributed by atoms with Gasteiger partial charge in [-0.15, -0.1) is 0 Å². The van der Waals surface area contributed by atoms with Gasteiger partial charge in [-0.25, -0.2) is 18.9 Å². The Labute approximate surface area is 198 Å². The van der Waals surface area contributed by atoms with Gasteiger partial charge < -0.3 is 9.64 Å². The van der Waals surface area contributed by atoms with Crippen molar-refractivity contribution < 1.29 is 36.3 Å². The molecule has 2 aromatic rings. The summed E-state index contributed by atoms with van der Waals surface area (Å²) in [4.78, 5) is 19.3. The van der Waals surface area contributed by atoms with E-state index in [9.17, 15) is 26.4 Å². The summed E-state index contributed by atoms with van der Waals surface area (Å²) in [7, 11) is -4.07. The first-order valence-electron chi connectivity index (χ1n) is 10.5. The number of ether oxygens (including phenoxy) is 1. The summed E-state index contributed by atoms with van der Waals surface area (Å²) >= 11 is 1.30.